The molecule has 0 radical (unpaired) electrons. The molecule has 6 heteroatoms. The molecule has 1 aliphatic heterocycles. The standard InChI is InChI=1S/C20H25N3O2S/c1-14-7-6-8-16(11-14)12-17-15(2)21-20(22(3)19(17)25)26-13-18(24)23-9-4-5-10-23/h6-8,11H,4-5,9-10,12-13H2,1-3H3. The fourth-order valence-electron chi connectivity index (χ4n) is 3.27. The van der Waals surface area contributed by atoms with E-state index in [2.05, 4.69) is 11.1 Å². The van der Waals surface area contributed by atoms with E-state index in [4.69, 9.17) is 0 Å². The van der Waals surface area contributed by atoms with E-state index in [-0.39, 0.29) is 11.5 Å². The van der Waals surface area contributed by atoms with Crippen molar-refractivity contribution in [1.82, 2.24) is 14.5 Å². The zero-order valence-electron chi connectivity index (χ0n) is 15.6. The molecule has 0 atom stereocenters. The molecule has 5 nitrogen and oxygen atoms in total. The maximum atomic E-state index is 12.8. The van der Waals surface area contributed by atoms with E-state index < -0.39 is 0 Å². The van der Waals surface area contributed by atoms with Crippen molar-refractivity contribution in [3.8, 4) is 0 Å². The van der Waals surface area contributed by atoms with Crippen LogP contribution >= 0.6 is 11.8 Å². The van der Waals surface area contributed by atoms with Crippen LogP contribution in [0.15, 0.2) is 34.2 Å². The summed E-state index contributed by atoms with van der Waals surface area (Å²) in [5.41, 5.74) is 3.71. The number of carbonyl (C=O) groups is 1. The zero-order chi connectivity index (χ0) is 18.7. The summed E-state index contributed by atoms with van der Waals surface area (Å²) in [5, 5.41) is 0.605. The largest absolute Gasteiger partial charge is 0.342 e. The Morgan fingerprint density at radius 1 is 1.23 bits per heavy atom. The minimum atomic E-state index is -0.0323. The summed E-state index contributed by atoms with van der Waals surface area (Å²) in [6.07, 6.45) is 2.74. The van der Waals surface area contributed by atoms with Crippen LogP contribution in [0.1, 0.15) is 35.2 Å². The lowest BCUT2D eigenvalue weighted by molar-refractivity contribution is -0.127. The highest BCUT2D eigenvalue weighted by Crippen LogP contribution is 2.18. The van der Waals surface area contributed by atoms with E-state index in [9.17, 15) is 9.59 Å². The van der Waals surface area contributed by atoms with Gasteiger partial charge in [0.2, 0.25) is 5.91 Å². The van der Waals surface area contributed by atoms with Crippen LogP contribution in [-0.4, -0.2) is 39.2 Å². The van der Waals surface area contributed by atoms with Gasteiger partial charge in [-0.05, 0) is 32.3 Å². The second kappa shape index (κ2) is 8.08. The molecule has 3 rings (SSSR count). The second-order valence-corrected chi connectivity index (χ2v) is 7.81. The number of aromatic nitrogens is 2. The fraction of sp³-hybridized carbons (Fsp3) is 0.450. The molecule has 1 fully saturated rings. The number of carbonyl (C=O) groups excluding carboxylic acids is 1. The number of benzene rings is 1. The van der Waals surface area contributed by atoms with Crippen molar-refractivity contribution < 1.29 is 4.79 Å². The molecular weight excluding hydrogens is 346 g/mol. The minimum Gasteiger partial charge on any atom is -0.342 e. The third-order valence-corrected chi connectivity index (χ3v) is 5.81. The van der Waals surface area contributed by atoms with Gasteiger partial charge in [-0.3, -0.25) is 14.2 Å². The van der Waals surface area contributed by atoms with Crippen LogP contribution in [0, 0.1) is 13.8 Å². The Hall–Kier alpha value is -2.08. The number of amides is 1. The molecule has 1 aromatic heterocycles. The normalized spacial score (nSPS) is 14.0. The maximum absolute atomic E-state index is 12.8. The van der Waals surface area contributed by atoms with Crippen molar-refractivity contribution in [2.24, 2.45) is 7.05 Å². The van der Waals surface area contributed by atoms with Gasteiger partial charge in [-0.15, -0.1) is 0 Å². The van der Waals surface area contributed by atoms with Crippen LogP contribution in [0.3, 0.4) is 0 Å². The van der Waals surface area contributed by atoms with Gasteiger partial charge in [0.1, 0.15) is 0 Å². The van der Waals surface area contributed by atoms with Gasteiger partial charge in [-0.2, -0.15) is 0 Å². The molecule has 1 amide bonds. The molecule has 1 saturated heterocycles. The molecule has 0 unspecified atom stereocenters. The quantitative estimate of drug-likeness (QED) is 0.599. The first-order chi connectivity index (χ1) is 12.5. The first kappa shape index (κ1) is 18.7. The predicted octanol–water partition coefficient (Wildman–Crippen LogP) is 2.70. The van der Waals surface area contributed by atoms with Crippen molar-refractivity contribution >= 4 is 17.7 Å². The number of likely N-dealkylation sites (tertiary alicyclic amines) is 1. The molecule has 0 bridgehead atoms. The smallest absolute Gasteiger partial charge is 0.257 e. The van der Waals surface area contributed by atoms with Crippen LogP contribution in [0.4, 0.5) is 0 Å². The fourth-order valence-corrected chi connectivity index (χ4v) is 4.19. The lowest BCUT2D eigenvalue weighted by Gasteiger charge is -2.16. The van der Waals surface area contributed by atoms with Crippen molar-refractivity contribution in [2.45, 2.75) is 38.3 Å². The van der Waals surface area contributed by atoms with Crippen molar-refractivity contribution in [1.29, 1.82) is 0 Å². The zero-order valence-corrected chi connectivity index (χ0v) is 16.4. The summed E-state index contributed by atoms with van der Waals surface area (Å²) in [6.45, 7) is 5.61. The van der Waals surface area contributed by atoms with Crippen molar-refractivity contribution in [3.05, 3.63) is 57.0 Å². The highest BCUT2D eigenvalue weighted by atomic mass is 32.2. The summed E-state index contributed by atoms with van der Waals surface area (Å²) in [5.74, 6) is 0.458. The second-order valence-electron chi connectivity index (χ2n) is 6.86. The Labute approximate surface area is 158 Å². The van der Waals surface area contributed by atoms with E-state index in [1.807, 2.05) is 36.9 Å². The molecule has 138 valence electrons. The molecule has 26 heavy (non-hydrogen) atoms. The molecule has 0 N–H and O–H groups in total. The number of thioether (sulfide) groups is 1. The SMILES string of the molecule is Cc1cccc(Cc2c(C)nc(SCC(=O)N3CCCC3)n(C)c2=O)c1. The summed E-state index contributed by atoms with van der Waals surface area (Å²) in [4.78, 5) is 31.5. The Bertz CT molecular complexity index is 870. The van der Waals surface area contributed by atoms with E-state index in [1.165, 1.54) is 17.3 Å². The van der Waals surface area contributed by atoms with E-state index in [0.29, 0.717) is 22.9 Å². The summed E-state index contributed by atoms with van der Waals surface area (Å²) in [7, 11) is 1.73. The number of aryl methyl sites for hydroxylation is 2. The molecule has 0 saturated carbocycles. The first-order valence-electron chi connectivity index (χ1n) is 8.98. The van der Waals surface area contributed by atoms with E-state index in [0.717, 1.165) is 37.2 Å². The van der Waals surface area contributed by atoms with Crippen LogP contribution in [0.2, 0.25) is 0 Å². The highest BCUT2D eigenvalue weighted by molar-refractivity contribution is 7.99. The van der Waals surface area contributed by atoms with Gasteiger partial charge in [0, 0.05) is 37.8 Å². The van der Waals surface area contributed by atoms with Gasteiger partial charge in [0.05, 0.1) is 5.75 Å². The van der Waals surface area contributed by atoms with Gasteiger partial charge < -0.3 is 4.90 Å². The monoisotopic (exact) mass is 371 g/mol. The third kappa shape index (κ3) is 4.18. The molecule has 1 aliphatic rings. The first-order valence-corrected chi connectivity index (χ1v) is 9.97. The Morgan fingerprint density at radius 3 is 2.65 bits per heavy atom. The van der Waals surface area contributed by atoms with Gasteiger partial charge in [-0.25, -0.2) is 4.98 Å². The van der Waals surface area contributed by atoms with Crippen LogP contribution in [0.25, 0.3) is 0 Å². The Kier molecular flexibility index (Phi) is 5.81. The highest BCUT2D eigenvalue weighted by Gasteiger charge is 2.19. The van der Waals surface area contributed by atoms with Gasteiger partial charge in [0.15, 0.2) is 5.16 Å². The lowest BCUT2D eigenvalue weighted by Crippen LogP contribution is -2.30. The van der Waals surface area contributed by atoms with Gasteiger partial charge >= 0.3 is 0 Å². The Morgan fingerprint density at radius 2 is 1.96 bits per heavy atom. The summed E-state index contributed by atoms with van der Waals surface area (Å²) in [6, 6.07) is 8.18. The Balaban J connectivity index is 1.77. The predicted molar refractivity (Wildman–Crippen MR) is 105 cm³/mol. The molecule has 2 heterocycles. The summed E-state index contributed by atoms with van der Waals surface area (Å²) >= 11 is 1.35. The summed E-state index contributed by atoms with van der Waals surface area (Å²) < 4.78 is 1.57. The van der Waals surface area contributed by atoms with Crippen LogP contribution in [0.5, 0.6) is 0 Å². The maximum Gasteiger partial charge on any atom is 0.257 e. The molecule has 0 aliphatic carbocycles. The van der Waals surface area contributed by atoms with Gasteiger partial charge in [-0.1, -0.05) is 41.6 Å². The van der Waals surface area contributed by atoms with Crippen molar-refractivity contribution in [2.75, 3.05) is 18.8 Å². The number of rotatable bonds is 5. The van der Waals surface area contributed by atoms with Crippen molar-refractivity contribution in [3.63, 3.8) is 0 Å². The molecule has 1 aromatic carbocycles. The van der Waals surface area contributed by atoms with Crippen LogP contribution in [-0.2, 0) is 18.3 Å². The average Bonchev–Trinajstić information content (AvgIpc) is 3.15. The molecule has 2 aromatic rings. The number of hydrogen-bond donors (Lipinski definition) is 0. The molecular formula is C20H25N3O2S. The van der Waals surface area contributed by atoms with Crippen LogP contribution < -0.4 is 5.56 Å². The minimum absolute atomic E-state index is 0.0323. The number of nitrogens with zero attached hydrogens (tertiary/aromatic N) is 3. The third-order valence-electron chi connectivity index (χ3n) is 4.80. The van der Waals surface area contributed by atoms with E-state index in [1.54, 1.807) is 11.6 Å². The number of hydrogen-bond acceptors (Lipinski definition) is 4. The molecule has 0 spiro atoms. The topological polar surface area (TPSA) is 55.2 Å². The lowest BCUT2D eigenvalue weighted by atomic mass is 10.0. The van der Waals surface area contributed by atoms with Gasteiger partial charge in [0.25, 0.3) is 5.56 Å². The van der Waals surface area contributed by atoms with E-state index >= 15 is 0 Å². The average molecular weight is 372 g/mol.